The summed E-state index contributed by atoms with van der Waals surface area (Å²) in [4.78, 5) is 29.8. The predicted molar refractivity (Wildman–Crippen MR) is 176 cm³/mol. The van der Waals surface area contributed by atoms with Crippen molar-refractivity contribution in [2.45, 2.75) is 57.6 Å². The molecular weight excluding hydrogens is 594 g/mol. The fourth-order valence-electron chi connectivity index (χ4n) is 5.09. The number of aryl methyl sites for hydroxylation is 2. The van der Waals surface area contributed by atoms with Gasteiger partial charge in [-0.1, -0.05) is 84.4 Å². The number of hydrogen-bond acceptors (Lipinski definition) is 4. The first-order chi connectivity index (χ1) is 21.0. The molecule has 4 aromatic carbocycles. The normalized spacial score (nSPS) is 12.0. The van der Waals surface area contributed by atoms with Gasteiger partial charge in [-0.25, -0.2) is 8.42 Å². The van der Waals surface area contributed by atoms with Gasteiger partial charge in [0.15, 0.2) is 0 Å². The van der Waals surface area contributed by atoms with Gasteiger partial charge in [0.1, 0.15) is 12.6 Å². The van der Waals surface area contributed by atoms with Crippen molar-refractivity contribution in [3.8, 4) is 0 Å². The average Bonchev–Trinajstić information content (AvgIpc) is 2.98. The van der Waals surface area contributed by atoms with E-state index in [4.69, 9.17) is 11.6 Å². The molecule has 7 nitrogen and oxygen atoms in total. The molecule has 4 rings (SSSR count). The van der Waals surface area contributed by atoms with E-state index in [2.05, 4.69) is 5.32 Å². The average molecular weight is 632 g/mol. The fraction of sp³-hybridized carbons (Fsp3) is 0.257. The summed E-state index contributed by atoms with van der Waals surface area (Å²) in [6.07, 6.45) is 0.227. The van der Waals surface area contributed by atoms with Gasteiger partial charge in [0.2, 0.25) is 11.8 Å². The Morgan fingerprint density at radius 3 is 1.98 bits per heavy atom. The van der Waals surface area contributed by atoms with Gasteiger partial charge in [-0.15, -0.1) is 0 Å². The standard InChI is InChI=1S/C35H38ClN3O4S/c1-25(2)37-35(41)33(22-28-13-7-5-8-14-28)38(23-29-15-11-12-18-32(29)36)34(40)24-39(30-20-26(3)19-27(4)21-30)44(42,43)31-16-9-6-10-17-31/h5-21,25,33H,22-24H2,1-4H3,(H,37,41)/t33-/m1/s1. The van der Waals surface area contributed by atoms with Gasteiger partial charge in [0.25, 0.3) is 10.0 Å². The molecule has 9 heteroatoms. The Morgan fingerprint density at radius 1 is 0.818 bits per heavy atom. The maximum Gasteiger partial charge on any atom is 0.264 e. The van der Waals surface area contributed by atoms with E-state index in [1.807, 2.05) is 70.2 Å². The third-order valence-corrected chi connectivity index (χ3v) is 9.26. The number of anilines is 1. The predicted octanol–water partition coefficient (Wildman–Crippen LogP) is 6.32. The monoisotopic (exact) mass is 631 g/mol. The van der Waals surface area contributed by atoms with E-state index in [1.165, 1.54) is 17.0 Å². The number of nitrogens with zero attached hydrogens (tertiary/aromatic N) is 2. The summed E-state index contributed by atoms with van der Waals surface area (Å²) in [5.41, 5.74) is 3.57. The number of sulfonamides is 1. The SMILES string of the molecule is Cc1cc(C)cc(N(CC(=O)N(Cc2ccccc2Cl)[C@H](Cc2ccccc2)C(=O)NC(C)C)S(=O)(=O)c2ccccc2)c1. The zero-order chi connectivity index (χ0) is 31.9. The molecule has 0 aromatic heterocycles. The Bertz CT molecular complexity index is 1680. The van der Waals surface area contributed by atoms with E-state index < -0.39 is 28.5 Å². The number of hydrogen-bond donors (Lipinski definition) is 1. The zero-order valence-electron chi connectivity index (χ0n) is 25.4. The van der Waals surface area contributed by atoms with E-state index in [9.17, 15) is 18.0 Å². The third-order valence-electron chi connectivity index (χ3n) is 7.11. The maximum absolute atomic E-state index is 14.5. The maximum atomic E-state index is 14.5. The second-order valence-electron chi connectivity index (χ2n) is 11.2. The zero-order valence-corrected chi connectivity index (χ0v) is 27.0. The Balaban J connectivity index is 1.83. The van der Waals surface area contributed by atoms with Gasteiger partial charge < -0.3 is 10.2 Å². The number of benzene rings is 4. The lowest BCUT2D eigenvalue weighted by Crippen LogP contribution is -2.54. The molecule has 0 bridgehead atoms. The highest BCUT2D eigenvalue weighted by Gasteiger charge is 2.35. The van der Waals surface area contributed by atoms with Crippen molar-refractivity contribution in [2.75, 3.05) is 10.8 Å². The van der Waals surface area contributed by atoms with Crippen LogP contribution in [0.5, 0.6) is 0 Å². The van der Waals surface area contributed by atoms with Crippen LogP contribution in [-0.4, -0.2) is 43.8 Å². The van der Waals surface area contributed by atoms with Crippen LogP contribution in [0.2, 0.25) is 5.02 Å². The summed E-state index contributed by atoms with van der Waals surface area (Å²) in [7, 11) is -4.16. The van der Waals surface area contributed by atoms with Crippen LogP contribution in [0, 0.1) is 13.8 Å². The minimum absolute atomic E-state index is 0.00753. The first-order valence-corrected chi connectivity index (χ1v) is 16.3. The Hall–Kier alpha value is -4.14. The first kappa shape index (κ1) is 32.8. The van der Waals surface area contributed by atoms with Crippen LogP contribution in [0.25, 0.3) is 0 Å². The van der Waals surface area contributed by atoms with Gasteiger partial charge in [-0.3, -0.25) is 13.9 Å². The number of carbonyl (C=O) groups excluding carboxylic acids is 2. The fourth-order valence-corrected chi connectivity index (χ4v) is 6.70. The van der Waals surface area contributed by atoms with Gasteiger partial charge >= 0.3 is 0 Å². The molecule has 0 heterocycles. The molecule has 2 amide bonds. The molecule has 44 heavy (non-hydrogen) atoms. The molecule has 230 valence electrons. The second-order valence-corrected chi connectivity index (χ2v) is 13.4. The van der Waals surface area contributed by atoms with Crippen LogP contribution >= 0.6 is 11.6 Å². The second kappa shape index (κ2) is 14.6. The number of carbonyl (C=O) groups is 2. The van der Waals surface area contributed by atoms with Crippen LogP contribution in [0.15, 0.2) is 108 Å². The topological polar surface area (TPSA) is 86.8 Å². The van der Waals surface area contributed by atoms with Crippen molar-refractivity contribution in [2.24, 2.45) is 0 Å². The molecule has 0 spiro atoms. The molecular formula is C35H38ClN3O4S. The van der Waals surface area contributed by atoms with Crippen molar-refractivity contribution in [3.05, 3.63) is 130 Å². The summed E-state index contributed by atoms with van der Waals surface area (Å²) in [5, 5.41) is 3.40. The Kier molecular flexibility index (Phi) is 10.8. The lowest BCUT2D eigenvalue weighted by atomic mass is 10.0. The van der Waals surface area contributed by atoms with Gasteiger partial charge in [-0.05, 0) is 80.3 Å². The smallest absolute Gasteiger partial charge is 0.264 e. The highest BCUT2D eigenvalue weighted by Crippen LogP contribution is 2.27. The van der Waals surface area contributed by atoms with Crippen LogP contribution in [0.4, 0.5) is 5.69 Å². The van der Waals surface area contributed by atoms with Crippen LogP contribution in [0.3, 0.4) is 0 Å². The van der Waals surface area contributed by atoms with Crippen molar-refractivity contribution in [1.29, 1.82) is 0 Å². The van der Waals surface area contributed by atoms with Gasteiger partial charge in [0, 0.05) is 24.0 Å². The molecule has 0 saturated heterocycles. The summed E-state index contributed by atoms with van der Waals surface area (Å²) >= 11 is 6.55. The highest BCUT2D eigenvalue weighted by molar-refractivity contribution is 7.92. The summed E-state index contributed by atoms with van der Waals surface area (Å²) in [6, 6.07) is 28.9. The molecule has 0 unspecified atom stereocenters. The molecule has 0 aliphatic heterocycles. The molecule has 1 atom stereocenters. The summed E-state index contributed by atoms with van der Waals surface area (Å²) in [6.45, 7) is 6.94. The van der Waals surface area contributed by atoms with Crippen molar-refractivity contribution < 1.29 is 18.0 Å². The number of amides is 2. The molecule has 0 fully saturated rings. The van der Waals surface area contributed by atoms with E-state index in [1.54, 1.807) is 48.5 Å². The number of nitrogens with one attached hydrogen (secondary N) is 1. The lowest BCUT2D eigenvalue weighted by molar-refractivity contribution is -0.140. The van der Waals surface area contributed by atoms with E-state index in [-0.39, 0.29) is 29.8 Å². The minimum atomic E-state index is -4.16. The van der Waals surface area contributed by atoms with Crippen LogP contribution in [-0.2, 0) is 32.6 Å². The number of halogens is 1. The molecule has 1 N–H and O–H groups in total. The largest absolute Gasteiger partial charge is 0.352 e. The molecule has 0 radical (unpaired) electrons. The lowest BCUT2D eigenvalue weighted by Gasteiger charge is -2.34. The summed E-state index contributed by atoms with van der Waals surface area (Å²) in [5.74, 6) is -0.878. The van der Waals surface area contributed by atoms with Crippen molar-refractivity contribution in [3.63, 3.8) is 0 Å². The van der Waals surface area contributed by atoms with Gasteiger partial charge in [-0.2, -0.15) is 0 Å². The first-order valence-electron chi connectivity index (χ1n) is 14.5. The van der Waals surface area contributed by atoms with E-state index >= 15 is 0 Å². The Morgan fingerprint density at radius 2 is 1.39 bits per heavy atom. The molecule has 4 aromatic rings. The third kappa shape index (κ3) is 8.27. The summed E-state index contributed by atoms with van der Waals surface area (Å²) < 4.78 is 29.4. The molecule has 0 aliphatic rings. The minimum Gasteiger partial charge on any atom is -0.352 e. The number of rotatable bonds is 12. The van der Waals surface area contributed by atoms with E-state index in [0.29, 0.717) is 16.3 Å². The Labute approximate surface area is 265 Å². The van der Waals surface area contributed by atoms with Crippen LogP contribution < -0.4 is 9.62 Å². The van der Waals surface area contributed by atoms with Gasteiger partial charge in [0.05, 0.1) is 10.6 Å². The van der Waals surface area contributed by atoms with Crippen molar-refractivity contribution >= 4 is 39.1 Å². The van der Waals surface area contributed by atoms with Crippen molar-refractivity contribution in [1.82, 2.24) is 10.2 Å². The molecule has 0 saturated carbocycles. The quantitative estimate of drug-likeness (QED) is 0.198. The highest BCUT2D eigenvalue weighted by atomic mass is 35.5. The van der Waals surface area contributed by atoms with E-state index in [0.717, 1.165) is 21.0 Å². The molecule has 0 aliphatic carbocycles. The van der Waals surface area contributed by atoms with Crippen LogP contribution in [0.1, 0.15) is 36.1 Å².